The van der Waals surface area contributed by atoms with Crippen LogP contribution in [0, 0.1) is 5.82 Å². The Balaban J connectivity index is 1.51. The van der Waals surface area contributed by atoms with E-state index in [9.17, 15) is 9.50 Å². The van der Waals surface area contributed by atoms with Crippen molar-refractivity contribution in [1.82, 2.24) is 10.6 Å². The summed E-state index contributed by atoms with van der Waals surface area (Å²) in [6.07, 6.45) is 3.15. The predicted molar refractivity (Wildman–Crippen MR) is 121 cm³/mol. The molecule has 0 atom stereocenters. The summed E-state index contributed by atoms with van der Waals surface area (Å²) in [6, 6.07) is 15.8. The summed E-state index contributed by atoms with van der Waals surface area (Å²) >= 11 is 0. The highest BCUT2D eigenvalue weighted by molar-refractivity contribution is 5.79. The van der Waals surface area contributed by atoms with Crippen LogP contribution in [-0.2, 0) is 13.0 Å². The number of nitrogens with zero attached hydrogens (tertiary/aromatic N) is 2. The molecule has 0 aliphatic carbocycles. The highest BCUT2D eigenvalue weighted by Gasteiger charge is 2.19. The highest BCUT2D eigenvalue weighted by atomic mass is 19.1. The molecule has 162 valence electrons. The lowest BCUT2D eigenvalue weighted by Gasteiger charge is -2.31. The summed E-state index contributed by atoms with van der Waals surface area (Å²) in [4.78, 5) is 6.61. The molecule has 1 fully saturated rings. The van der Waals surface area contributed by atoms with Crippen molar-refractivity contribution >= 4 is 11.6 Å². The first-order valence-electron chi connectivity index (χ1n) is 10.9. The fourth-order valence-electron chi connectivity index (χ4n) is 3.67. The van der Waals surface area contributed by atoms with E-state index in [1.165, 1.54) is 5.56 Å². The van der Waals surface area contributed by atoms with E-state index < -0.39 is 0 Å². The number of hydrogen-bond acceptors (Lipinski definition) is 3. The molecule has 1 aliphatic heterocycles. The van der Waals surface area contributed by atoms with Crippen molar-refractivity contribution < 1.29 is 9.50 Å². The second kappa shape index (κ2) is 11.6. The third-order valence-electron chi connectivity index (χ3n) is 5.36. The molecule has 0 radical (unpaired) electrons. The van der Waals surface area contributed by atoms with Gasteiger partial charge in [0.1, 0.15) is 5.82 Å². The van der Waals surface area contributed by atoms with Gasteiger partial charge in [0.05, 0.1) is 18.3 Å². The van der Waals surface area contributed by atoms with E-state index in [4.69, 9.17) is 0 Å². The van der Waals surface area contributed by atoms with Crippen molar-refractivity contribution in [2.24, 2.45) is 4.99 Å². The van der Waals surface area contributed by atoms with E-state index in [2.05, 4.69) is 39.9 Å². The minimum absolute atomic E-state index is 0.222. The van der Waals surface area contributed by atoms with Crippen LogP contribution < -0.4 is 15.5 Å². The standard InChI is InChI=1S/C24H33FN4O/c1-2-26-24(27-14-6-9-19-7-4-3-5-8-19)28-18-20-10-11-23(22(25)17-20)29-15-12-21(30)13-16-29/h3-5,7-8,10-11,17,21,30H,2,6,9,12-16,18H2,1H3,(H2,26,27,28). The molecule has 6 heteroatoms. The van der Waals surface area contributed by atoms with E-state index in [1.807, 2.05) is 30.0 Å². The lowest BCUT2D eigenvalue weighted by molar-refractivity contribution is 0.145. The molecule has 3 rings (SSSR count). The van der Waals surface area contributed by atoms with Crippen molar-refractivity contribution in [3.05, 3.63) is 65.5 Å². The van der Waals surface area contributed by atoms with Crippen LogP contribution >= 0.6 is 0 Å². The minimum atomic E-state index is -0.261. The Morgan fingerprint density at radius 1 is 1.10 bits per heavy atom. The molecule has 2 aromatic rings. The summed E-state index contributed by atoms with van der Waals surface area (Å²) in [6.45, 7) is 5.43. The fraction of sp³-hybridized carbons (Fsp3) is 0.458. The van der Waals surface area contributed by atoms with Crippen molar-refractivity contribution in [3.8, 4) is 0 Å². The van der Waals surface area contributed by atoms with Gasteiger partial charge in [-0.2, -0.15) is 0 Å². The summed E-state index contributed by atoms with van der Waals surface area (Å²) in [5.74, 6) is 0.528. The minimum Gasteiger partial charge on any atom is -0.393 e. The number of aliphatic hydroxyl groups is 1. The van der Waals surface area contributed by atoms with E-state index in [0.717, 1.165) is 37.5 Å². The van der Waals surface area contributed by atoms with Crippen LogP contribution in [0.5, 0.6) is 0 Å². The third-order valence-corrected chi connectivity index (χ3v) is 5.36. The average Bonchev–Trinajstić information content (AvgIpc) is 2.76. The molecule has 5 nitrogen and oxygen atoms in total. The molecular formula is C24H33FN4O. The van der Waals surface area contributed by atoms with Crippen LogP contribution in [0.15, 0.2) is 53.5 Å². The van der Waals surface area contributed by atoms with E-state index >= 15 is 0 Å². The molecule has 0 aromatic heterocycles. The zero-order valence-electron chi connectivity index (χ0n) is 17.8. The molecule has 3 N–H and O–H groups in total. The van der Waals surface area contributed by atoms with Gasteiger partial charge >= 0.3 is 0 Å². The molecule has 0 bridgehead atoms. The number of aliphatic imine (C=N–C) groups is 1. The zero-order valence-corrected chi connectivity index (χ0v) is 17.8. The van der Waals surface area contributed by atoms with Gasteiger partial charge in [0.2, 0.25) is 0 Å². The van der Waals surface area contributed by atoms with Gasteiger partial charge in [-0.3, -0.25) is 0 Å². The Hall–Kier alpha value is -2.60. The monoisotopic (exact) mass is 412 g/mol. The van der Waals surface area contributed by atoms with Crippen molar-refractivity contribution in [3.63, 3.8) is 0 Å². The number of aryl methyl sites for hydroxylation is 1. The Labute approximate surface area is 179 Å². The number of piperidine rings is 1. The third kappa shape index (κ3) is 6.73. The second-order valence-electron chi connectivity index (χ2n) is 7.72. The summed E-state index contributed by atoms with van der Waals surface area (Å²) in [7, 11) is 0. The summed E-state index contributed by atoms with van der Waals surface area (Å²) in [5.41, 5.74) is 2.79. The Kier molecular flexibility index (Phi) is 8.51. The fourth-order valence-corrected chi connectivity index (χ4v) is 3.67. The highest BCUT2D eigenvalue weighted by Crippen LogP contribution is 2.24. The Bertz CT molecular complexity index is 804. The summed E-state index contributed by atoms with van der Waals surface area (Å²) < 4.78 is 14.6. The molecule has 1 aliphatic rings. The lowest BCUT2D eigenvalue weighted by atomic mass is 10.1. The van der Waals surface area contributed by atoms with Gasteiger partial charge in [-0.25, -0.2) is 9.38 Å². The van der Waals surface area contributed by atoms with Crippen LogP contribution in [0.1, 0.15) is 37.3 Å². The van der Waals surface area contributed by atoms with Gasteiger partial charge in [0, 0.05) is 26.2 Å². The van der Waals surface area contributed by atoms with Crippen molar-refractivity contribution in [2.45, 2.75) is 45.3 Å². The zero-order chi connectivity index (χ0) is 21.2. The molecule has 1 saturated heterocycles. The first-order chi connectivity index (χ1) is 14.7. The largest absolute Gasteiger partial charge is 0.393 e. The number of aliphatic hydroxyl groups excluding tert-OH is 1. The predicted octanol–water partition coefficient (Wildman–Crippen LogP) is 3.47. The van der Waals surface area contributed by atoms with Crippen LogP contribution in [-0.4, -0.2) is 43.3 Å². The molecular weight excluding hydrogens is 379 g/mol. The summed E-state index contributed by atoms with van der Waals surface area (Å²) in [5, 5.41) is 16.2. The number of nitrogens with one attached hydrogen (secondary N) is 2. The number of benzene rings is 2. The first-order valence-corrected chi connectivity index (χ1v) is 10.9. The van der Waals surface area contributed by atoms with Gasteiger partial charge in [0.15, 0.2) is 5.96 Å². The number of guanidine groups is 1. The quantitative estimate of drug-likeness (QED) is 0.353. The van der Waals surface area contributed by atoms with Gasteiger partial charge < -0.3 is 20.6 Å². The number of anilines is 1. The van der Waals surface area contributed by atoms with E-state index in [1.54, 1.807) is 6.07 Å². The smallest absolute Gasteiger partial charge is 0.191 e. The van der Waals surface area contributed by atoms with E-state index in [-0.39, 0.29) is 11.9 Å². The maximum atomic E-state index is 14.6. The van der Waals surface area contributed by atoms with E-state index in [0.29, 0.717) is 38.2 Å². The lowest BCUT2D eigenvalue weighted by Crippen LogP contribution is -2.37. The SMILES string of the molecule is CCNC(=NCc1ccc(N2CCC(O)CC2)c(F)c1)NCCCc1ccccc1. The molecule has 2 aromatic carbocycles. The van der Waals surface area contributed by atoms with Gasteiger partial charge in [-0.05, 0) is 55.9 Å². The normalized spacial score (nSPS) is 15.3. The van der Waals surface area contributed by atoms with Crippen LogP contribution in [0.4, 0.5) is 10.1 Å². The molecule has 30 heavy (non-hydrogen) atoms. The maximum absolute atomic E-state index is 14.6. The Morgan fingerprint density at radius 2 is 1.87 bits per heavy atom. The maximum Gasteiger partial charge on any atom is 0.191 e. The second-order valence-corrected chi connectivity index (χ2v) is 7.72. The molecule has 0 unspecified atom stereocenters. The van der Waals surface area contributed by atoms with Crippen molar-refractivity contribution in [2.75, 3.05) is 31.1 Å². The van der Waals surface area contributed by atoms with Crippen LogP contribution in [0.25, 0.3) is 0 Å². The number of halogens is 1. The van der Waals surface area contributed by atoms with Gasteiger partial charge in [-0.1, -0.05) is 36.4 Å². The van der Waals surface area contributed by atoms with Gasteiger partial charge in [0.25, 0.3) is 0 Å². The van der Waals surface area contributed by atoms with Crippen LogP contribution in [0.3, 0.4) is 0 Å². The molecule has 0 saturated carbocycles. The average molecular weight is 413 g/mol. The topological polar surface area (TPSA) is 59.9 Å². The molecule has 0 spiro atoms. The molecule has 1 heterocycles. The number of hydrogen-bond donors (Lipinski definition) is 3. The Morgan fingerprint density at radius 3 is 2.57 bits per heavy atom. The molecule has 0 amide bonds. The first kappa shape index (κ1) is 22.1. The van der Waals surface area contributed by atoms with Crippen molar-refractivity contribution in [1.29, 1.82) is 0 Å². The number of rotatable bonds is 8. The van der Waals surface area contributed by atoms with Crippen LogP contribution in [0.2, 0.25) is 0 Å². The van der Waals surface area contributed by atoms with Gasteiger partial charge in [-0.15, -0.1) is 0 Å².